The number of rotatable bonds is 6. The molecule has 1 aliphatic carbocycles. The first-order valence-corrected chi connectivity index (χ1v) is 8.64. The standard InChI is InChI=1S/C19H27N3O.HI/c1-20-19(21-11-14-23-15-16-7-8-16)22-12-9-18(10-13-22)17-5-3-2-4-6-17;/h2-6,9,16H,7-8,10-15H2,1H3,(H,20,21);1H. The van der Waals surface area contributed by atoms with Crippen LogP contribution in [0.3, 0.4) is 0 Å². The molecular formula is C19H28IN3O. The summed E-state index contributed by atoms with van der Waals surface area (Å²) >= 11 is 0. The Kier molecular flexibility index (Phi) is 8.05. The topological polar surface area (TPSA) is 36.9 Å². The number of guanidine groups is 1. The minimum Gasteiger partial charge on any atom is -0.379 e. The Balaban J connectivity index is 0.00000208. The fraction of sp³-hybridized carbons (Fsp3) is 0.526. The fourth-order valence-corrected chi connectivity index (χ4v) is 2.88. The summed E-state index contributed by atoms with van der Waals surface area (Å²) in [6.45, 7) is 4.42. The van der Waals surface area contributed by atoms with Crippen molar-refractivity contribution in [1.29, 1.82) is 0 Å². The van der Waals surface area contributed by atoms with Gasteiger partial charge in [-0.05, 0) is 36.3 Å². The summed E-state index contributed by atoms with van der Waals surface area (Å²) in [5.74, 6) is 1.81. The third-order valence-corrected chi connectivity index (χ3v) is 4.45. The van der Waals surface area contributed by atoms with Gasteiger partial charge in [0.1, 0.15) is 0 Å². The number of nitrogens with one attached hydrogen (secondary N) is 1. The van der Waals surface area contributed by atoms with Gasteiger partial charge in [-0.2, -0.15) is 0 Å². The molecule has 0 aromatic heterocycles. The van der Waals surface area contributed by atoms with Crippen LogP contribution in [0, 0.1) is 5.92 Å². The van der Waals surface area contributed by atoms with Gasteiger partial charge in [-0.3, -0.25) is 4.99 Å². The molecule has 0 radical (unpaired) electrons. The Morgan fingerprint density at radius 1 is 1.29 bits per heavy atom. The Labute approximate surface area is 162 Å². The van der Waals surface area contributed by atoms with Crippen molar-refractivity contribution in [2.24, 2.45) is 10.9 Å². The van der Waals surface area contributed by atoms with Gasteiger partial charge >= 0.3 is 0 Å². The summed E-state index contributed by atoms with van der Waals surface area (Å²) in [6, 6.07) is 10.6. The van der Waals surface area contributed by atoms with Crippen LogP contribution in [-0.2, 0) is 4.74 Å². The van der Waals surface area contributed by atoms with E-state index in [0.29, 0.717) is 0 Å². The van der Waals surface area contributed by atoms with Crippen molar-refractivity contribution in [3.8, 4) is 0 Å². The monoisotopic (exact) mass is 441 g/mol. The summed E-state index contributed by atoms with van der Waals surface area (Å²) in [6.07, 6.45) is 6.07. The molecule has 1 fully saturated rings. The zero-order valence-electron chi connectivity index (χ0n) is 14.4. The highest BCUT2D eigenvalue weighted by Crippen LogP contribution is 2.28. The fourth-order valence-electron chi connectivity index (χ4n) is 2.88. The predicted octanol–water partition coefficient (Wildman–Crippen LogP) is 3.40. The van der Waals surface area contributed by atoms with E-state index in [4.69, 9.17) is 4.74 Å². The van der Waals surface area contributed by atoms with Crippen molar-refractivity contribution in [2.75, 3.05) is 39.9 Å². The predicted molar refractivity (Wildman–Crippen MR) is 111 cm³/mol. The molecule has 0 unspecified atom stereocenters. The lowest BCUT2D eigenvalue weighted by atomic mass is 10.00. The van der Waals surface area contributed by atoms with Crippen LogP contribution in [0.5, 0.6) is 0 Å². The van der Waals surface area contributed by atoms with Gasteiger partial charge in [-0.25, -0.2) is 0 Å². The highest BCUT2D eigenvalue weighted by molar-refractivity contribution is 14.0. The third kappa shape index (κ3) is 5.77. The van der Waals surface area contributed by atoms with Gasteiger partial charge in [0.05, 0.1) is 6.61 Å². The normalized spacial score (nSPS) is 18.0. The average molecular weight is 441 g/mol. The molecule has 5 heteroatoms. The van der Waals surface area contributed by atoms with E-state index in [1.807, 2.05) is 7.05 Å². The number of aliphatic imine (C=N–C) groups is 1. The average Bonchev–Trinajstić information content (AvgIpc) is 3.43. The van der Waals surface area contributed by atoms with Crippen LogP contribution in [0.25, 0.3) is 5.57 Å². The van der Waals surface area contributed by atoms with Crippen LogP contribution < -0.4 is 5.32 Å². The lowest BCUT2D eigenvalue weighted by Crippen LogP contribution is -2.44. The van der Waals surface area contributed by atoms with Gasteiger partial charge in [0, 0.05) is 33.3 Å². The maximum absolute atomic E-state index is 5.67. The van der Waals surface area contributed by atoms with E-state index in [9.17, 15) is 0 Å². The first-order chi connectivity index (χ1) is 11.4. The van der Waals surface area contributed by atoms with Crippen molar-refractivity contribution in [1.82, 2.24) is 10.2 Å². The summed E-state index contributed by atoms with van der Waals surface area (Å²) in [5.41, 5.74) is 2.77. The molecule has 3 rings (SSSR count). The quantitative estimate of drug-likeness (QED) is 0.318. The Bertz CT molecular complexity index is 555. The molecule has 0 atom stereocenters. The number of hydrogen-bond acceptors (Lipinski definition) is 2. The van der Waals surface area contributed by atoms with Gasteiger partial charge < -0.3 is 15.0 Å². The van der Waals surface area contributed by atoms with Crippen LogP contribution in [0.15, 0.2) is 41.4 Å². The van der Waals surface area contributed by atoms with Gasteiger partial charge in [0.2, 0.25) is 0 Å². The molecule has 1 aromatic rings. The van der Waals surface area contributed by atoms with Crippen molar-refractivity contribution < 1.29 is 4.74 Å². The van der Waals surface area contributed by atoms with E-state index >= 15 is 0 Å². The maximum Gasteiger partial charge on any atom is 0.194 e. The van der Waals surface area contributed by atoms with Crippen LogP contribution in [-0.4, -0.2) is 50.8 Å². The van der Waals surface area contributed by atoms with Crippen molar-refractivity contribution in [3.05, 3.63) is 42.0 Å². The van der Waals surface area contributed by atoms with E-state index in [1.54, 1.807) is 0 Å². The minimum atomic E-state index is 0. The van der Waals surface area contributed by atoms with E-state index in [0.717, 1.165) is 51.1 Å². The first-order valence-electron chi connectivity index (χ1n) is 8.64. The molecular weight excluding hydrogens is 413 g/mol. The lowest BCUT2D eigenvalue weighted by Gasteiger charge is -2.29. The summed E-state index contributed by atoms with van der Waals surface area (Å²) < 4.78 is 5.67. The van der Waals surface area contributed by atoms with Gasteiger partial charge in [0.25, 0.3) is 0 Å². The molecule has 1 N–H and O–H groups in total. The van der Waals surface area contributed by atoms with Gasteiger partial charge in [-0.1, -0.05) is 36.4 Å². The number of nitrogens with zero attached hydrogens (tertiary/aromatic N) is 2. The molecule has 0 bridgehead atoms. The minimum absolute atomic E-state index is 0. The maximum atomic E-state index is 5.67. The molecule has 0 spiro atoms. The van der Waals surface area contributed by atoms with E-state index < -0.39 is 0 Å². The summed E-state index contributed by atoms with van der Waals surface area (Å²) in [5, 5.41) is 3.41. The first kappa shape index (κ1) is 19.2. The molecule has 1 heterocycles. The molecule has 0 amide bonds. The summed E-state index contributed by atoms with van der Waals surface area (Å²) in [4.78, 5) is 6.70. The lowest BCUT2D eigenvalue weighted by molar-refractivity contribution is 0.128. The smallest absolute Gasteiger partial charge is 0.194 e. The summed E-state index contributed by atoms with van der Waals surface area (Å²) in [7, 11) is 1.85. The number of hydrogen-bond donors (Lipinski definition) is 1. The van der Waals surface area contributed by atoms with Crippen molar-refractivity contribution in [2.45, 2.75) is 19.3 Å². The van der Waals surface area contributed by atoms with Crippen LogP contribution in [0.1, 0.15) is 24.8 Å². The SMILES string of the molecule is CN=C(NCCOCC1CC1)N1CC=C(c2ccccc2)CC1.I. The highest BCUT2D eigenvalue weighted by Gasteiger charge is 2.21. The number of benzene rings is 1. The molecule has 24 heavy (non-hydrogen) atoms. The van der Waals surface area contributed by atoms with Gasteiger partial charge in [-0.15, -0.1) is 24.0 Å². The van der Waals surface area contributed by atoms with E-state index in [1.165, 1.54) is 24.0 Å². The number of ether oxygens (including phenoxy) is 1. The molecule has 1 aromatic carbocycles. The van der Waals surface area contributed by atoms with Crippen LogP contribution in [0.2, 0.25) is 0 Å². The molecule has 1 aliphatic heterocycles. The molecule has 4 nitrogen and oxygen atoms in total. The molecule has 132 valence electrons. The second-order valence-corrected chi connectivity index (χ2v) is 6.28. The Hall–Kier alpha value is -1.08. The van der Waals surface area contributed by atoms with Crippen molar-refractivity contribution in [3.63, 3.8) is 0 Å². The zero-order valence-corrected chi connectivity index (χ0v) is 16.7. The van der Waals surface area contributed by atoms with Crippen LogP contribution in [0.4, 0.5) is 0 Å². The Morgan fingerprint density at radius 2 is 2.08 bits per heavy atom. The number of halogens is 1. The zero-order chi connectivity index (χ0) is 15.9. The van der Waals surface area contributed by atoms with E-state index in [2.05, 4.69) is 51.6 Å². The van der Waals surface area contributed by atoms with E-state index in [-0.39, 0.29) is 24.0 Å². The molecule has 1 saturated carbocycles. The Morgan fingerprint density at radius 3 is 2.71 bits per heavy atom. The highest BCUT2D eigenvalue weighted by atomic mass is 127. The second-order valence-electron chi connectivity index (χ2n) is 6.28. The molecule has 0 saturated heterocycles. The van der Waals surface area contributed by atoms with Gasteiger partial charge in [0.15, 0.2) is 5.96 Å². The van der Waals surface area contributed by atoms with Crippen LogP contribution >= 0.6 is 24.0 Å². The largest absolute Gasteiger partial charge is 0.379 e. The third-order valence-electron chi connectivity index (χ3n) is 4.45. The molecule has 2 aliphatic rings. The van der Waals surface area contributed by atoms with Crippen molar-refractivity contribution >= 4 is 35.5 Å². The second kappa shape index (κ2) is 10.0.